The van der Waals surface area contributed by atoms with E-state index < -0.39 is 10.0 Å². The van der Waals surface area contributed by atoms with Gasteiger partial charge in [-0.1, -0.05) is 23.8 Å². The van der Waals surface area contributed by atoms with Gasteiger partial charge in [-0.2, -0.15) is 0 Å². The van der Waals surface area contributed by atoms with Crippen LogP contribution in [0.4, 0.5) is 0 Å². The Morgan fingerprint density at radius 2 is 2.10 bits per heavy atom. The molecule has 1 amide bonds. The van der Waals surface area contributed by atoms with Crippen molar-refractivity contribution < 1.29 is 13.2 Å². The SMILES string of the molecule is Cc1c(C(=O)NC[C@@H]2CCC[C@@H]2NS(C)(=O)=O)nnn1-c1cccc2cnccc12. The third-order valence-electron chi connectivity index (χ3n) is 5.54. The van der Waals surface area contributed by atoms with Gasteiger partial charge < -0.3 is 5.32 Å². The number of hydrogen-bond acceptors (Lipinski definition) is 6. The third-order valence-corrected chi connectivity index (χ3v) is 6.28. The summed E-state index contributed by atoms with van der Waals surface area (Å²) in [6.07, 6.45) is 7.22. The maximum absolute atomic E-state index is 12.7. The van der Waals surface area contributed by atoms with Crippen molar-refractivity contribution in [3.05, 3.63) is 48.0 Å². The summed E-state index contributed by atoms with van der Waals surface area (Å²) in [7, 11) is -3.28. The zero-order valence-corrected chi connectivity index (χ0v) is 17.7. The fourth-order valence-electron chi connectivity index (χ4n) is 4.08. The normalized spacial score (nSPS) is 19.3. The molecular formula is C20H24N6O3S. The Hall–Kier alpha value is -2.85. The van der Waals surface area contributed by atoms with E-state index in [0.717, 1.165) is 42.0 Å². The van der Waals surface area contributed by atoms with E-state index in [-0.39, 0.29) is 23.6 Å². The molecule has 2 heterocycles. The monoisotopic (exact) mass is 428 g/mol. The van der Waals surface area contributed by atoms with Crippen LogP contribution < -0.4 is 10.0 Å². The minimum Gasteiger partial charge on any atom is -0.350 e. The third kappa shape index (κ3) is 4.19. The first kappa shape index (κ1) is 20.4. The summed E-state index contributed by atoms with van der Waals surface area (Å²) in [6.45, 7) is 2.19. The molecule has 1 saturated carbocycles. The second-order valence-corrected chi connectivity index (χ2v) is 9.49. The molecule has 4 rings (SSSR count). The molecule has 2 atom stereocenters. The van der Waals surface area contributed by atoms with Crippen molar-refractivity contribution in [1.29, 1.82) is 0 Å². The number of aromatic nitrogens is 4. The van der Waals surface area contributed by atoms with E-state index in [1.54, 1.807) is 24.0 Å². The lowest BCUT2D eigenvalue weighted by Gasteiger charge is -2.20. The molecule has 2 N–H and O–H groups in total. The largest absolute Gasteiger partial charge is 0.350 e. The standard InChI is InChI=1S/C20H24N6O3S/c1-13-19(20(27)22-12-15-6-3-7-17(15)24-30(2,28)29)23-25-26(13)18-8-4-5-14-11-21-10-9-16(14)18/h4-5,8-11,15,17,24H,3,6-7,12H2,1-2H3,(H,22,27)/t15-,17-/m0/s1. The van der Waals surface area contributed by atoms with E-state index in [1.807, 2.05) is 24.3 Å². The highest BCUT2D eigenvalue weighted by atomic mass is 32.2. The van der Waals surface area contributed by atoms with Gasteiger partial charge in [0.2, 0.25) is 10.0 Å². The number of nitrogens with zero attached hydrogens (tertiary/aromatic N) is 4. The van der Waals surface area contributed by atoms with Crippen molar-refractivity contribution in [3.8, 4) is 5.69 Å². The van der Waals surface area contributed by atoms with E-state index in [4.69, 9.17) is 0 Å². The molecule has 158 valence electrons. The highest BCUT2D eigenvalue weighted by Gasteiger charge is 2.30. The first-order valence-corrected chi connectivity index (χ1v) is 11.7. The summed E-state index contributed by atoms with van der Waals surface area (Å²) < 4.78 is 27.4. The Bertz CT molecular complexity index is 1180. The molecule has 30 heavy (non-hydrogen) atoms. The summed E-state index contributed by atoms with van der Waals surface area (Å²) >= 11 is 0. The number of amides is 1. The van der Waals surface area contributed by atoms with Gasteiger partial charge in [0.15, 0.2) is 5.69 Å². The van der Waals surface area contributed by atoms with Gasteiger partial charge in [0, 0.05) is 35.8 Å². The molecule has 0 radical (unpaired) electrons. The zero-order valence-electron chi connectivity index (χ0n) is 16.9. The lowest BCUT2D eigenvalue weighted by molar-refractivity contribution is 0.0940. The van der Waals surface area contributed by atoms with E-state index in [1.165, 1.54) is 0 Å². The Kier molecular flexibility index (Phi) is 5.52. The Balaban J connectivity index is 1.50. The number of sulfonamides is 1. The predicted molar refractivity (Wildman–Crippen MR) is 113 cm³/mol. The summed E-state index contributed by atoms with van der Waals surface area (Å²) in [5, 5.41) is 13.1. The van der Waals surface area contributed by atoms with Crippen LogP contribution in [0, 0.1) is 12.8 Å². The van der Waals surface area contributed by atoms with E-state index in [9.17, 15) is 13.2 Å². The summed E-state index contributed by atoms with van der Waals surface area (Å²) in [4.78, 5) is 16.9. The average Bonchev–Trinajstić information content (AvgIpc) is 3.30. The van der Waals surface area contributed by atoms with Gasteiger partial charge in [-0.05, 0) is 37.8 Å². The molecule has 1 aliphatic carbocycles. The zero-order chi connectivity index (χ0) is 21.3. The molecule has 1 aromatic carbocycles. The molecule has 1 fully saturated rings. The first-order chi connectivity index (χ1) is 14.3. The predicted octanol–water partition coefficient (Wildman–Crippen LogP) is 1.57. The average molecular weight is 429 g/mol. The van der Waals surface area contributed by atoms with Crippen molar-refractivity contribution in [1.82, 2.24) is 30.0 Å². The maximum Gasteiger partial charge on any atom is 0.273 e. The maximum atomic E-state index is 12.7. The number of fused-ring (bicyclic) bond motifs is 1. The second-order valence-electron chi connectivity index (χ2n) is 7.71. The van der Waals surface area contributed by atoms with Gasteiger partial charge in [0.25, 0.3) is 5.91 Å². The number of nitrogens with one attached hydrogen (secondary N) is 2. The Labute approximate surface area is 174 Å². The van der Waals surface area contributed by atoms with Crippen LogP contribution in [0.5, 0.6) is 0 Å². The highest BCUT2D eigenvalue weighted by Crippen LogP contribution is 2.26. The molecule has 0 saturated heterocycles. The van der Waals surface area contributed by atoms with Crippen LogP contribution in [-0.4, -0.2) is 53.1 Å². The molecule has 0 aliphatic heterocycles. The van der Waals surface area contributed by atoms with Crippen LogP contribution in [0.1, 0.15) is 35.4 Å². The number of carbonyl (C=O) groups is 1. The van der Waals surface area contributed by atoms with Crippen LogP contribution in [0.15, 0.2) is 36.7 Å². The molecule has 10 heteroatoms. The van der Waals surface area contributed by atoms with Gasteiger partial charge in [-0.3, -0.25) is 9.78 Å². The highest BCUT2D eigenvalue weighted by molar-refractivity contribution is 7.88. The molecule has 1 aliphatic rings. The number of carbonyl (C=O) groups excluding carboxylic acids is 1. The van der Waals surface area contributed by atoms with Crippen molar-refractivity contribution in [2.24, 2.45) is 5.92 Å². The van der Waals surface area contributed by atoms with Crippen molar-refractivity contribution in [3.63, 3.8) is 0 Å². The fraction of sp³-hybridized carbons (Fsp3) is 0.400. The minimum atomic E-state index is -3.28. The van der Waals surface area contributed by atoms with Crippen molar-refractivity contribution >= 4 is 26.7 Å². The van der Waals surface area contributed by atoms with Gasteiger partial charge in [0.05, 0.1) is 17.6 Å². The molecule has 0 unspecified atom stereocenters. The van der Waals surface area contributed by atoms with E-state index in [0.29, 0.717) is 12.2 Å². The molecular weight excluding hydrogens is 404 g/mol. The topological polar surface area (TPSA) is 119 Å². The van der Waals surface area contributed by atoms with Crippen LogP contribution in [-0.2, 0) is 10.0 Å². The van der Waals surface area contributed by atoms with Crippen LogP contribution in [0.25, 0.3) is 16.5 Å². The first-order valence-electron chi connectivity index (χ1n) is 9.84. The van der Waals surface area contributed by atoms with E-state index in [2.05, 4.69) is 25.3 Å². The van der Waals surface area contributed by atoms with Crippen molar-refractivity contribution in [2.75, 3.05) is 12.8 Å². The van der Waals surface area contributed by atoms with E-state index >= 15 is 0 Å². The minimum absolute atomic E-state index is 0.0598. The quantitative estimate of drug-likeness (QED) is 0.615. The number of pyridine rings is 1. The van der Waals surface area contributed by atoms with Crippen LogP contribution >= 0.6 is 0 Å². The van der Waals surface area contributed by atoms with Gasteiger partial charge in [-0.25, -0.2) is 17.8 Å². The van der Waals surface area contributed by atoms with Gasteiger partial charge in [-0.15, -0.1) is 5.10 Å². The van der Waals surface area contributed by atoms with Crippen molar-refractivity contribution in [2.45, 2.75) is 32.2 Å². The summed E-state index contributed by atoms with van der Waals surface area (Å²) in [5.74, 6) is -0.254. The molecule has 0 spiro atoms. The van der Waals surface area contributed by atoms with Gasteiger partial charge in [0.1, 0.15) is 0 Å². The summed E-state index contributed by atoms with van der Waals surface area (Å²) in [6, 6.07) is 7.55. The summed E-state index contributed by atoms with van der Waals surface area (Å²) in [5.41, 5.74) is 1.72. The van der Waals surface area contributed by atoms with Crippen LogP contribution in [0.2, 0.25) is 0 Å². The fourth-order valence-corrected chi connectivity index (χ4v) is 4.94. The number of hydrogen-bond donors (Lipinski definition) is 2. The Morgan fingerprint density at radius 1 is 1.27 bits per heavy atom. The number of rotatable bonds is 6. The van der Waals surface area contributed by atoms with Crippen LogP contribution in [0.3, 0.4) is 0 Å². The number of benzene rings is 1. The second kappa shape index (κ2) is 8.11. The Morgan fingerprint density at radius 3 is 2.90 bits per heavy atom. The molecule has 3 aromatic rings. The smallest absolute Gasteiger partial charge is 0.273 e. The lowest BCUT2D eigenvalue weighted by atomic mass is 10.0. The molecule has 9 nitrogen and oxygen atoms in total. The lowest BCUT2D eigenvalue weighted by Crippen LogP contribution is -2.41. The van der Waals surface area contributed by atoms with Gasteiger partial charge >= 0.3 is 0 Å². The molecule has 2 aromatic heterocycles. The molecule has 0 bridgehead atoms.